The molecule has 3 N–H and O–H groups in total. The van der Waals surface area contributed by atoms with Crippen molar-refractivity contribution in [2.75, 3.05) is 13.2 Å². The van der Waals surface area contributed by atoms with Crippen molar-refractivity contribution in [1.82, 2.24) is 10.2 Å². The van der Waals surface area contributed by atoms with Gasteiger partial charge in [-0.25, -0.2) is 4.39 Å². The fraction of sp³-hybridized carbons (Fsp3) is 0.565. The van der Waals surface area contributed by atoms with Crippen LogP contribution in [-0.2, 0) is 20.8 Å². The van der Waals surface area contributed by atoms with Crippen molar-refractivity contribution in [2.45, 2.75) is 63.8 Å². The second-order valence-electron chi connectivity index (χ2n) is 8.74. The van der Waals surface area contributed by atoms with Crippen LogP contribution in [0.5, 0.6) is 0 Å². The Kier molecular flexibility index (Phi) is 6.55. The van der Waals surface area contributed by atoms with Gasteiger partial charge in [-0.05, 0) is 43.9 Å². The first kappa shape index (κ1) is 22.4. The molecule has 0 spiro atoms. The molecular weight excluding hydrogens is 415 g/mol. The van der Waals surface area contributed by atoms with Crippen molar-refractivity contribution in [3.63, 3.8) is 0 Å². The quantitative estimate of drug-likeness (QED) is 0.478. The summed E-state index contributed by atoms with van der Waals surface area (Å²) in [5.74, 6) is -1.27. The average molecular weight is 445 g/mol. The van der Waals surface area contributed by atoms with Crippen molar-refractivity contribution in [3.05, 3.63) is 34.9 Å². The number of nitrogens with one attached hydrogen (secondary N) is 3. The van der Waals surface area contributed by atoms with E-state index < -0.39 is 12.1 Å². The SMILES string of the molecule is CC(F)C(=N)OC(=N)c1ccc2c(c1)C(=O)N([C@@H]1CCCC[C@H]1NC(=O)[C@H]1CCOC1)C2. The monoisotopic (exact) mass is 444 g/mol. The molecule has 9 heteroatoms. The highest BCUT2D eigenvalue weighted by atomic mass is 19.1. The molecule has 1 aromatic rings. The minimum Gasteiger partial charge on any atom is -0.422 e. The fourth-order valence-corrected chi connectivity index (χ4v) is 4.68. The molecule has 1 aromatic carbocycles. The molecule has 0 bridgehead atoms. The van der Waals surface area contributed by atoms with Gasteiger partial charge < -0.3 is 19.7 Å². The summed E-state index contributed by atoms with van der Waals surface area (Å²) >= 11 is 0. The molecule has 8 nitrogen and oxygen atoms in total. The number of halogens is 1. The Morgan fingerprint density at radius 1 is 1.28 bits per heavy atom. The summed E-state index contributed by atoms with van der Waals surface area (Å²) in [6.07, 6.45) is 2.77. The van der Waals surface area contributed by atoms with Gasteiger partial charge in [0.2, 0.25) is 17.7 Å². The van der Waals surface area contributed by atoms with Crippen molar-refractivity contribution in [3.8, 4) is 0 Å². The first-order valence-electron chi connectivity index (χ1n) is 11.2. The third kappa shape index (κ3) is 4.53. The van der Waals surface area contributed by atoms with Gasteiger partial charge in [0.25, 0.3) is 5.91 Å². The standard InChI is InChI=1S/C23H29FN4O4/c1-13(24)20(25)32-21(26)14-6-7-15-11-28(23(30)17(15)10-14)19-5-3-2-4-18(19)27-22(29)16-8-9-31-12-16/h6-7,10,13,16,18-19,25-26H,2-5,8-9,11-12H2,1H3,(H,27,29)/t13?,16-,18+,19+/m0/s1. The summed E-state index contributed by atoms with van der Waals surface area (Å²) in [6, 6.07) is 4.81. The van der Waals surface area contributed by atoms with Crippen LogP contribution in [0.15, 0.2) is 18.2 Å². The Morgan fingerprint density at radius 2 is 2.06 bits per heavy atom. The molecule has 4 atom stereocenters. The number of carbonyl (C=O) groups is 2. The average Bonchev–Trinajstić information content (AvgIpc) is 3.42. The lowest BCUT2D eigenvalue weighted by Gasteiger charge is -2.38. The third-order valence-corrected chi connectivity index (χ3v) is 6.54. The maximum Gasteiger partial charge on any atom is 0.254 e. The molecule has 1 saturated heterocycles. The van der Waals surface area contributed by atoms with Gasteiger partial charge in [-0.2, -0.15) is 0 Å². The van der Waals surface area contributed by atoms with Gasteiger partial charge in [-0.15, -0.1) is 0 Å². The number of rotatable bonds is 5. The number of hydrogen-bond donors (Lipinski definition) is 3. The number of amides is 2. The highest BCUT2D eigenvalue weighted by Gasteiger charge is 2.39. The van der Waals surface area contributed by atoms with E-state index in [0.29, 0.717) is 30.9 Å². The Morgan fingerprint density at radius 3 is 2.78 bits per heavy atom. The van der Waals surface area contributed by atoms with Crippen molar-refractivity contribution in [1.29, 1.82) is 10.8 Å². The van der Waals surface area contributed by atoms with Crippen molar-refractivity contribution in [2.24, 2.45) is 5.92 Å². The summed E-state index contributed by atoms with van der Waals surface area (Å²) in [6.45, 7) is 2.67. The molecule has 32 heavy (non-hydrogen) atoms. The number of hydrogen-bond acceptors (Lipinski definition) is 6. The zero-order valence-electron chi connectivity index (χ0n) is 18.2. The molecule has 172 valence electrons. The number of alkyl halides is 1. The summed E-state index contributed by atoms with van der Waals surface area (Å²) in [7, 11) is 0. The zero-order valence-corrected chi connectivity index (χ0v) is 18.2. The van der Waals surface area contributed by atoms with Gasteiger partial charge in [-0.3, -0.25) is 20.4 Å². The second-order valence-corrected chi connectivity index (χ2v) is 8.74. The molecule has 1 aliphatic carbocycles. The zero-order chi connectivity index (χ0) is 22.8. The van der Waals surface area contributed by atoms with Crippen molar-refractivity contribution >= 4 is 23.6 Å². The molecule has 3 aliphatic rings. The van der Waals surface area contributed by atoms with Crippen LogP contribution >= 0.6 is 0 Å². The second kappa shape index (κ2) is 9.36. The van der Waals surface area contributed by atoms with Crippen LogP contribution in [-0.4, -0.2) is 60.0 Å². The molecule has 0 aromatic heterocycles. The van der Waals surface area contributed by atoms with Gasteiger partial charge in [0.05, 0.1) is 18.6 Å². The number of fused-ring (bicyclic) bond motifs is 1. The Hall–Kier alpha value is -2.81. The molecule has 2 aliphatic heterocycles. The molecule has 4 rings (SSSR count). The molecule has 2 fully saturated rings. The van der Waals surface area contributed by atoms with Gasteiger partial charge in [0, 0.05) is 30.3 Å². The van der Waals surface area contributed by atoms with E-state index >= 15 is 0 Å². The van der Waals surface area contributed by atoms with E-state index in [9.17, 15) is 14.0 Å². The van der Waals surface area contributed by atoms with Crippen LogP contribution in [0, 0.1) is 16.7 Å². The highest BCUT2D eigenvalue weighted by Crippen LogP contribution is 2.32. The Bertz CT molecular complexity index is 929. The minimum atomic E-state index is -1.61. The summed E-state index contributed by atoms with van der Waals surface area (Å²) in [4.78, 5) is 27.7. The number of carbonyl (C=O) groups excluding carboxylic acids is 2. The predicted octanol–water partition coefficient (Wildman–Crippen LogP) is 2.78. The minimum absolute atomic E-state index is 0.000910. The van der Waals surface area contributed by atoms with Gasteiger partial charge >= 0.3 is 0 Å². The topological polar surface area (TPSA) is 116 Å². The van der Waals surface area contributed by atoms with Crippen LogP contribution in [0.4, 0.5) is 4.39 Å². The summed E-state index contributed by atoms with van der Waals surface area (Å²) < 4.78 is 23.5. The normalized spacial score (nSPS) is 25.9. The van der Waals surface area contributed by atoms with E-state index in [2.05, 4.69) is 5.32 Å². The number of ether oxygens (including phenoxy) is 2. The maximum atomic E-state index is 13.3. The lowest BCUT2D eigenvalue weighted by molar-refractivity contribution is -0.126. The van der Waals surface area contributed by atoms with Crippen molar-refractivity contribution < 1.29 is 23.5 Å². The highest BCUT2D eigenvalue weighted by molar-refractivity contribution is 6.04. The van der Waals surface area contributed by atoms with E-state index in [1.54, 1.807) is 18.2 Å². The molecule has 1 saturated carbocycles. The largest absolute Gasteiger partial charge is 0.422 e. The van der Waals surface area contributed by atoms with Crippen LogP contribution < -0.4 is 5.32 Å². The van der Waals surface area contributed by atoms with E-state index in [1.165, 1.54) is 6.92 Å². The number of benzene rings is 1. The maximum absolute atomic E-state index is 13.3. The molecular formula is C23H29FN4O4. The summed E-state index contributed by atoms with van der Waals surface area (Å²) in [5, 5.41) is 18.6. The van der Waals surface area contributed by atoms with E-state index in [1.807, 2.05) is 4.90 Å². The first-order chi connectivity index (χ1) is 15.3. The molecule has 0 radical (unpaired) electrons. The van der Waals surface area contributed by atoms with E-state index in [0.717, 1.165) is 37.7 Å². The van der Waals surface area contributed by atoms with Gasteiger partial charge in [0.1, 0.15) is 0 Å². The van der Waals surface area contributed by atoms with Gasteiger partial charge in [0.15, 0.2) is 6.17 Å². The van der Waals surface area contributed by atoms with E-state index in [4.69, 9.17) is 20.3 Å². The summed E-state index contributed by atoms with van der Waals surface area (Å²) in [5.41, 5.74) is 1.65. The van der Waals surface area contributed by atoms with Crippen LogP contribution in [0.1, 0.15) is 60.5 Å². The van der Waals surface area contributed by atoms with Crippen LogP contribution in [0.3, 0.4) is 0 Å². The molecule has 1 unspecified atom stereocenters. The first-order valence-corrected chi connectivity index (χ1v) is 11.2. The van der Waals surface area contributed by atoms with Gasteiger partial charge in [-0.1, -0.05) is 18.9 Å². The fourth-order valence-electron chi connectivity index (χ4n) is 4.68. The van der Waals surface area contributed by atoms with Crippen LogP contribution in [0.2, 0.25) is 0 Å². The lowest BCUT2D eigenvalue weighted by Crippen LogP contribution is -2.54. The Balaban J connectivity index is 1.47. The number of nitrogens with zero attached hydrogens (tertiary/aromatic N) is 1. The predicted molar refractivity (Wildman–Crippen MR) is 116 cm³/mol. The molecule has 2 heterocycles. The van der Waals surface area contributed by atoms with E-state index in [-0.39, 0.29) is 35.7 Å². The molecule has 2 amide bonds. The lowest BCUT2D eigenvalue weighted by atomic mass is 9.88. The van der Waals surface area contributed by atoms with Crippen LogP contribution in [0.25, 0.3) is 0 Å². The third-order valence-electron chi connectivity index (χ3n) is 6.54. The smallest absolute Gasteiger partial charge is 0.254 e. The Labute approximate surface area is 186 Å².